The van der Waals surface area contributed by atoms with Gasteiger partial charge in [0, 0.05) is 80.6 Å². The lowest BCUT2D eigenvalue weighted by atomic mass is 10.1. The average Bonchev–Trinajstić information content (AvgIpc) is 1.04. The lowest BCUT2D eigenvalue weighted by Crippen LogP contribution is -2.19. The fraction of sp³-hybridized carbons (Fsp3) is 0.220. The van der Waals surface area contributed by atoms with Crippen molar-refractivity contribution in [3.8, 4) is 0 Å². The molecular formula is C50H43ClF12N14O9. The fourth-order valence-corrected chi connectivity index (χ4v) is 6.76. The predicted molar refractivity (Wildman–Crippen MR) is 292 cm³/mol. The second kappa shape index (κ2) is 27.4. The highest BCUT2D eigenvalue weighted by Gasteiger charge is 2.37. The maximum atomic E-state index is 12.5. The molecule has 0 aliphatic carbocycles. The van der Waals surface area contributed by atoms with Gasteiger partial charge < -0.3 is 41.3 Å². The topological polar surface area (TPSA) is 345 Å². The van der Waals surface area contributed by atoms with Crippen LogP contribution in [0.15, 0.2) is 105 Å². The van der Waals surface area contributed by atoms with Gasteiger partial charge in [0.2, 0.25) is 23.3 Å². The molecule has 9 rings (SSSR count). The van der Waals surface area contributed by atoms with Crippen molar-refractivity contribution in [3.63, 3.8) is 0 Å². The van der Waals surface area contributed by atoms with E-state index in [1.165, 1.54) is 48.9 Å². The number of nitro benzene ring substituents is 2. The second-order valence-corrected chi connectivity index (χ2v) is 17.9. The zero-order valence-corrected chi connectivity index (χ0v) is 45.4. The van der Waals surface area contributed by atoms with E-state index < -0.39 is 86.2 Å². The van der Waals surface area contributed by atoms with E-state index in [1.807, 2.05) is 19.0 Å². The van der Waals surface area contributed by atoms with Crippen molar-refractivity contribution >= 4 is 95.3 Å². The number of carboxylic acid groups (broad SMARTS) is 1. The number of nitrogens with two attached hydrogens (primary N) is 2. The number of H-pyrrole nitrogens is 3. The summed E-state index contributed by atoms with van der Waals surface area (Å²) in [5.74, 6) is -6.53. The number of benzene rings is 5. The van der Waals surface area contributed by atoms with Gasteiger partial charge in [-0.25, -0.2) is 29.7 Å². The number of fused-ring (bicyclic) bond motifs is 4. The van der Waals surface area contributed by atoms with Crippen LogP contribution in [0.25, 0.3) is 43.6 Å². The van der Waals surface area contributed by atoms with Crippen LogP contribution in [0.1, 0.15) is 53.9 Å². The van der Waals surface area contributed by atoms with Gasteiger partial charge in [-0.2, -0.15) is 52.7 Å². The number of non-ortho nitro benzene ring substituents is 2. The molecule has 0 bridgehead atoms. The average molecular weight is 1250 g/mol. The molecule has 9 aromatic rings. The Kier molecular flexibility index (Phi) is 21.8. The molecule has 8 N–H and O–H groups in total. The number of carboxylic acids is 1. The molecule has 23 nitrogen and oxygen atoms in total. The van der Waals surface area contributed by atoms with Gasteiger partial charge in [0.05, 0.1) is 53.6 Å². The van der Waals surface area contributed by atoms with Crippen LogP contribution >= 0.6 is 11.6 Å². The number of anilines is 4. The summed E-state index contributed by atoms with van der Waals surface area (Å²) >= 11 is 5.78. The van der Waals surface area contributed by atoms with Gasteiger partial charge >= 0.3 is 30.7 Å². The SMILES string of the molecule is CCC.CN(C)c1ccc2nc(C(F)(F)F)[nH]c(=O)c2c1.CN(C)c1ccc2nc(C(F)(F)F)nc(Cl)c2c1.Nc1ccc([N+](=O)[O-])cc1C(=O)O.Nc1ccc2nc(C(F)(F)F)[nH]c(=O)c2c1.O=c1[nH]c(C(F)(F)F)nc2ccc([N+](=O)[O-])cc12. The Balaban J connectivity index is 0.000000228. The lowest BCUT2D eigenvalue weighted by molar-refractivity contribution is -0.385. The summed E-state index contributed by atoms with van der Waals surface area (Å²) in [6.45, 7) is 4.25. The quantitative estimate of drug-likeness (QED) is 0.0306. The molecule has 86 heavy (non-hydrogen) atoms. The second-order valence-electron chi connectivity index (χ2n) is 17.5. The van der Waals surface area contributed by atoms with Crippen LogP contribution in [0.3, 0.4) is 0 Å². The predicted octanol–water partition coefficient (Wildman–Crippen LogP) is 11.0. The molecule has 0 saturated heterocycles. The molecule has 0 aliphatic rings. The maximum absolute atomic E-state index is 12.5. The Morgan fingerprint density at radius 3 is 1.27 bits per heavy atom. The summed E-state index contributed by atoms with van der Waals surface area (Å²) in [6, 6.07) is 19.4. The summed E-state index contributed by atoms with van der Waals surface area (Å²) < 4.78 is 149. The van der Waals surface area contributed by atoms with Crippen LogP contribution in [-0.2, 0) is 24.7 Å². The van der Waals surface area contributed by atoms with Gasteiger partial charge in [0.1, 0.15) is 5.15 Å². The Labute approximate surface area is 477 Å². The van der Waals surface area contributed by atoms with Crippen molar-refractivity contribution in [1.82, 2.24) is 39.9 Å². The summed E-state index contributed by atoms with van der Waals surface area (Å²) in [5, 5.41) is 29.4. The highest BCUT2D eigenvalue weighted by atomic mass is 35.5. The number of aromatic nitrogens is 8. The third-order valence-electron chi connectivity index (χ3n) is 10.5. The number of hydrogen-bond donors (Lipinski definition) is 6. The molecule has 0 radical (unpaired) electrons. The Morgan fingerprint density at radius 1 is 0.535 bits per heavy atom. The minimum Gasteiger partial charge on any atom is -0.478 e. The van der Waals surface area contributed by atoms with Crippen LogP contribution in [-0.4, -0.2) is 89.0 Å². The monoisotopic (exact) mass is 1250 g/mol. The Morgan fingerprint density at radius 2 is 0.884 bits per heavy atom. The van der Waals surface area contributed by atoms with Gasteiger partial charge in [0.25, 0.3) is 28.1 Å². The van der Waals surface area contributed by atoms with Gasteiger partial charge in [-0.05, 0) is 66.7 Å². The largest absolute Gasteiger partial charge is 0.478 e. The van der Waals surface area contributed by atoms with E-state index in [0.717, 1.165) is 41.7 Å². The lowest BCUT2D eigenvalue weighted by Gasteiger charge is -2.13. The van der Waals surface area contributed by atoms with E-state index in [9.17, 15) is 92.1 Å². The van der Waals surface area contributed by atoms with E-state index >= 15 is 0 Å². The molecule has 4 aromatic heterocycles. The van der Waals surface area contributed by atoms with Crippen molar-refractivity contribution in [1.29, 1.82) is 0 Å². The van der Waals surface area contributed by atoms with E-state index in [0.29, 0.717) is 11.1 Å². The number of aromatic carboxylic acids is 1. The molecule has 4 heterocycles. The molecule has 0 aliphatic heterocycles. The van der Waals surface area contributed by atoms with Crippen LogP contribution in [0.4, 0.5) is 86.8 Å². The first-order valence-electron chi connectivity index (χ1n) is 23.6. The first-order chi connectivity index (χ1) is 39.7. The third-order valence-corrected chi connectivity index (χ3v) is 10.8. The number of nitrogens with zero attached hydrogens (tertiary/aromatic N) is 9. The maximum Gasteiger partial charge on any atom is 0.451 e. The van der Waals surface area contributed by atoms with Crippen molar-refractivity contribution in [2.45, 2.75) is 45.0 Å². The first-order valence-corrected chi connectivity index (χ1v) is 24.0. The highest BCUT2D eigenvalue weighted by Crippen LogP contribution is 2.33. The van der Waals surface area contributed by atoms with Crippen LogP contribution in [0.2, 0.25) is 5.15 Å². The van der Waals surface area contributed by atoms with E-state index in [-0.39, 0.29) is 60.3 Å². The zero-order valence-electron chi connectivity index (χ0n) is 44.7. The summed E-state index contributed by atoms with van der Waals surface area (Å²) in [5.41, 5.74) is 8.78. The molecule has 0 unspecified atom stereocenters. The van der Waals surface area contributed by atoms with Crippen molar-refractivity contribution < 1.29 is 72.4 Å². The van der Waals surface area contributed by atoms with Crippen LogP contribution in [0, 0.1) is 20.2 Å². The minimum absolute atomic E-state index is 0.0121. The first kappa shape index (κ1) is 68.3. The number of carbonyl (C=O) groups is 1. The number of nitrogen functional groups attached to an aromatic ring is 2. The minimum atomic E-state index is -4.78. The molecule has 0 spiro atoms. The zero-order chi connectivity index (χ0) is 65.1. The number of nitro groups is 2. The molecule has 458 valence electrons. The van der Waals surface area contributed by atoms with Gasteiger partial charge in [-0.15, -0.1) is 0 Å². The summed E-state index contributed by atoms with van der Waals surface area (Å²) in [7, 11) is 7.18. The smallest absolute Gasteiger partial charge is 0.451 e. The Hall–Kier alpha value is -10.2. The van der Waals surface area contributed by atoms with Crippen LogP contribution < -0.4 is 37.9 Å². The number of nitrogens with one attached hydrogen (secondary N) is 3. The van der Waals surface area contributed by atoms with Crippen molar-refractivity contribution in [3.05, 3.63) is 176 Å². The normalized spacial score (nSPS) is 11.3. The summed E-state index contributed by atoms with van der Waals surface area (Å²) in [6.07, 6.45) is -17.5. The van der Waals surface area contributed by atoms with E-state index in [4.69, 9.17) is 28.2 Å². The molecule has 36 heteroatoms. The van der Waals surface area contributed by atoms with Gasteiger partial charge in [-0.3, -0.25) is 34.6 Å². The summed E-state index contributed by atoms with van der Waals surface area (Å²) in [4.78, 5) is 89.4. The molecule has 0 amide bonds. The van der Waals surface area contributed by atoms with Crippen LogP contribution in [0.5, 0.6) is 0 Å². The standard InChI is InChI=1S/C11H9ClF3N3.C11H10F3N3O.C9H4F3N3O3.C9H6F3N3O.C7H6N2O4.C3H8/c1-18(2)6-3-4-8-7(5-6)9(12)17-10(16-8)11(13,14)15;1-17(2)6-3-4-8-7(5-6)9(18)16-10(15-8)11(12,13)14;10-9(11,12)8-13-6-2-1-4(15(17)18)3-5(6)7(16)14-8;10-9(11,12)8-14-6-2-1-4(13)3-5(6)7(16)15-8;8-6-2-1-4(9(12)13)3-5(6)7(10)11;1-3-2/h3-5H,1-2H3;3-5H,1-2H3,(H,15,16,18);1-3H,(H,13,14,16);1-3H,13H2,(H,14,15,16);1-3H,8H2,(H,10,11);3H2,1-2H3. The molecule has 0 atom stereocenters. The Bertz CT molecular complexity index is 4160. The van der Waals surface area contributed by atoms with Gasteiger partial charge in [-0.1, -0.05) is 31.9 Å². The number of halogens is 13. The highest BCUT2D eigenvalue weighted by molar-refractivity contribution is 6.34. The number of aromatic amines is 3. The van der Waals surface area contributed by atoms with Crippen molar-refractivity contribution in [2.24, 2.45) is 0 Å². The van der Waals surface area contributed by atoms with Crippen molar-refractivity contribution in [2.75, 3.05) is 49.5 Å². The fourth-order valence-electron chi connectivity index (χ4n) is 6.53. The number of hydrogen-bond acceptors (Lipinski definition) is 17. The molecule has 0 saturated carbocycles. The van der Waals surface area contributed by atoms with Gasteiger partial charge in [0.15, 0.2) is 0 Å². The van der Waals surface area contributed by atoms with E-state index in [2.05, 4.69) is 38.8 Å². The third kappa shape index (κ3) is 18.1. The van der Waals surface area contributed by atoms with E-state index in [1.54, 1.807) is 52.1 Å². The number of rotatable bonds is 5. The molecule has 0 fully saturated rings. The molecular weight excluding hydrogens is 1200 g/mol. The number of alkyl halides is 12. The molecule has 5 aromatic carbocycles.